The van der Waals surface area contributed by atoms with Crippen molar-refractivity contribution in [2.24, 2.45) is 0 Å². The lowest BCUT2D eigenvalue weighted by molar-refractivity contribution is -0.130. The number of hydrogen-bond acceptors (Lipinski definition) is 2. The molecule has 0 saturated heterocycles. The topological polar surface area (TPSA) is 38.3 Å². The van der Waals surface area contributed by atoms with E-state index in [1.807, 2.05) is 0 Å². The van der Waals surface area contributed by atoms with E-state index in [9.17, 15) is 18.0 Å². The Morgan fingerprint density at radius 1 is 1.08 bits per heavy atom. The molecule has 1 N–H and O–H groups in total. The van der Waals surface area contributed by atoms with Gasteiger partial charge in [-0.3, -0.25) is 4.79 Å². The van der Waals surface area contributed by atoms with Crippen LogP contribution >= 0.6 is 0 Å². The summed E-state index contributed by atoms with van der Waals surface area (Å²) in [6, 6.07) is 9.37. The van der Waals surface area contributed by atoms with Crippen molar-refractivity contribution in [1.29, 1.82) is 0 Å². The highest BCUT2D eigenvalue weighted by Crippen LogP contribution is 2.44. The van der Waals surface area contributed by atoms with E-state index in [1.54, 1.807) is 12.1 Å². The molecule has 6 heteroatoms. The first-order valence-electron chi connectivity index (χ1n) is 8.13. The summed E-state index contributed by atoms with van der Waals surface area (Å²) in [5.74, 6) is -2.27. The van der Waals surface area contributed by atoms with Crippen LogP contribution in [0.3, 0.4) is 0 Å². The van der Waals surface area contributed by atoms with Crippen molar-refractivity contribution in [2.75, 3.05) is 13.2 Å². The highest BCUT2D eigenvalue weighted by Gasteiger charge is 2.45. The summed E-state index contributed by atoms with van der Waals surface area (Å²) in [5, 5.41) is 2.79. The second-order valence-corrected chi connectivity index (χ2v) is 6.13. The Morgan fingerprint density at radius 3 is 2.52 bits per heavy atom. The third kappa shape index (κ3) is 3.62. The maximum absolute atomic E-state index is 13.5. The lowest BCUT2D eigenvalue weighted by Crippen LogP contribution is -2.50. The molecule has 0 spiro atoms. The first-order chi connectivity index (χ1) is 12.0. The fourth-order valence-electron chi connectivity index (χ4n) is 3.03. The van der Waals surface area contributed by atoms with Gasteiger partial charge in [-0.05, 0) is 42.7 Å². The van der Waals surface area contributed by atoms with Crippen molar-refractivity contribution in [3.63, 3.8) is 0 Å². The third-order valence-corrected chi connectivity index (χ3v) is 4.57. The normalized spacial score (nSPS) is 15.3. The van der Waals surface area contributed by atoms with E-state index in [4.69, 9.17) is 4.74 Å². The van der Waals surface area contributed by atoms with Crippen LogP contribution in [0.1, 0.15) is 24.8 Å². The Morgan fingerprint density at radius 2 is 1.88 bits per heavy atom. The Bertz CT molecular complexity index is 775. The van der Waals surface area contributed by atoms with Crippen LogP contribution in [0.25, 0.3) is 0 Å². The van der Waals surface area contributed by atoms with Crippen molar-refractivity contribution < 1.29 is 22.7 Å². The summed E-state index contributed by atoms with van der Waals surface area (Å²) in [7, 11) is 0. The van der Waals surface area contributed by atoms with Gasteiger partial charge in [0.05, 0.1) is 12.0 Å². The zero-order valence-corrected chi connectivity index (χ0v) is 13.5. The summed E-state index contributed by atoms with van der Waals surface area (Å²) >= 11 is 0. The first kappa shape index (κ1) is 17.3. The van der Waals surface area contributed by atoms with Gasteiger partial charge in [-0.25, -0.2) is 13.2 Å². The van der Waals surface area contributed by atoms with Gasteiger partial charge in [0.2, 0.25) is 5.91 Å². The van der Waals surface area contributed by atoms with Gasteiger partial charge in [0.15, 0.2) is 11.6 Å². The molecule has 2 aromatic carbocycles. The van der Waals surface area contributed by atoms with Gasteiger partial charge in [-0.2, -0.15) is 0 Å². The van der Waals surface area contributed by atoms with Gasteiger partial charge in [-0.15, -0.1) is 0 Å². The molecule has 1 amide bonds. The largest absolute Gasteiger partial charge is 0.492 e. The fraction of sp³-hybridized carbons (Fsp3) is 0.316. The van der Waals surface area contributed by atoms with Crippen molar-refractivity contribution in [2.45, 2.75) is 24.7 Å². The molecule has 1 saturated carbocycles. The summed E-state index contributed by atoms with van der Waals surface area (Å²) in [6.07, 6.45) is 2.26. The Balaban J connectivity index is 1.55. The quantitative estimate of drug-likeness (QED) is 0.807. The van der Waals surface area contributed by atoms with E-state index < -0.39 is 17.0 Å². The predicted molar refractivity (Wildman–Crippen MR) is 86.8 cm³/mol. The fourth-order valence-corrected chi connectivity index (χ4v) is 3.03. The van der Waals surface area contributed by atoms with Crippen LogP contribution < -0.4 is 10.1 Å². The number of amides is 1. The van der Waals surface area contributed by atoms with Crippen molar-refractivity contribution in [1.82, 2.24) is 5.32 Å². The van der Waals surface area contributed by atoms with E-state index in [1.165, 1.54) is 18.2 Å². The number of carbonyl (C=O) groups excluding carboxylic acids is 1. The molecule has 1 fully saturated rings. The van der Waals surface area contributed by atoms with Crippen LogP contribution in [-0.2, 0) is 10.2 Å². The molecule has 3 nitrogen and oxygen atoms in total. The summed E-state index contributed by atoms with van der Waals surface area (Å²) in [5.41, 5.74) is -0.0119. The summed E-state index contributed by atoms with van der Waals surface area (Å²) in [6.45, 7) is 0.338. The molecule has 2 aromatic rings. The molecule has 0 atom stereocenters. The van der Waals surface area contributed by atoms with Crippen LogP contribution in [0.15, 0.2) is 42.5 Å². The minimum atomic E-state index is -0.985. The van der Waals surface area contributed by atoms with Crippen LogP contribution in [0.2, 0.25) is 0 Å². The van der Waals surface area contributed by atoms with Crippen LogP contribution in [0.4, 0.5) is 13.2 Å². The zero-order chi connectivity index (χ0) is 17.9. The molecule has 0 heterocycles. The third-order valence-electron chi connectivity index (χ3n) is 4.57. The Labute approximate surface area is 143 Å². The lowest BCUT2D eigenvalue weighted by Gasteiger charge is -2.40. The average molecular weight is 349 g/mol. The predicted octanol–water partition coefficient (Wildman–Crippen LogP) is 3.72. The molecule has 0 aliphatic heterocycles. The minimum absolute atomic E-state index is 0.121. The monoisotopic (exact) mass is 349 g/mol. The van der Waals surface area contributed by atoms with E-state index in [0.29, 0.717) is 18.4 Å². The smallest absolute Gasteiger partial charge is 0.230 e. The molecule has 0 aromatic heterocycles. The molecule has 25 heavy (non-hydrogen) atoms. The second-order valence-electron chi connectivity index (χ2n) is 6.13. The van der Waals surface area contributed by atoms with Gasteiger partial charge >= 0.3 is 0 Å². The average Bonchev–Trinajstić information content (AvgIpc) is 2.54. The number of carbonyl (C=O) groups is 1. The SMILES string of the molecule is O=C(NCCOc1ccc(F)c(F)c1)C1(c2cccc(F)c2)CCC1. The van der Waals surface area contributed by atoms with E-state index in [0.717, 1.165) is 18.6 Å². The summed E-state index contributed by atoms with van der Waals surface area (Å²) in [4.78, 5) is 12.6. The van der Waals surface area contributed by atoms with Gasteiger partial charge < -0.3 is 10.1 Å². The number of hydrogen-bond donors (Lipinski definition) is 1. The number of halogens is 3. The van der Waals surface area contributed by atoms with E-state index in [2.05, 4.69) is 5.32 Å². The molecule has 3 rings (SSSR count). The number of benzene rings is 2. The number of ether oxygens (including phenoxy) is 1. The van der Waals surface area contributed by atoms with Crippen molar-refractivity contribution >= 4 is 5.91 Å². The standard InChI is InChI=1S/C19H18F3NO2/c20-14-4-1-3-13(11-14)19(7-2-8-19)18(24)23-9-10-25-15-5-6-16(21)17(22)12-15/h1,3-6,11-12H,2,7-10H2,(H,23,24). The molecular formula is C19H18F3NO2. The molecule has 1 aliphatic rings. The summed E-state index contributed by atoms with van der Waals surface area (Å²) < 4.78 is 44.7. The highest BCUT2D eigenvalue weighted by molar-refractivity contribution is 5.89. The number of nitrogens with one attached hydrogen (secondary N) is 1. The molecular weight excluding hydrogens is 331 g/mol. The van der Waals surface area contributed by atoms with Gasteiger partial charge in [0.1, 0.15) is 18.2 Å². The Kier molecular flexibility index (Phi) is 4.97. The molecule has 0 unspecified atom stereocenters. The highest BCUT2D eigenvalue weighted by atomic mass is 19.2. The Hall–Kier alpha value is -2.50. The maximum Gasteiger partial charge on any atom is 0.230 e. The molecule has 132 valence electrons. The second kappa shape index (κ2) is 7.17. The minimum Gasteiger partial charge on any atom is -0.492 e. The maximum atomic E-state index is 13.5. The molecule has 0 bridgehead atoms. The number of rotatable bonds is 6. The van der Waals surface area contributed by atoms with Crippen molar-refractivity contribution in [3.05, 3.63) is 65.5 Å². The van der Waals surface area contributed by atoms with Crippen molar-refractivity contribution in [3.8, 4) is 5.75 Å². The van der Waals surface area contributed by atoms with Crippen LogP contribution in [0.5, 0.6) is 5.75 Å². The lowest BCUT2D eigenvalue weighted by atomic mass is 9.64. The van der Waals surface area contributed by atoms with Gasteiger partial charge in [0.25, 0.3) is 0 Å². The van der Waals surface area contributed by atoms with E-state index >= 15 is 0 Å². The first-order valence-corrected chi connectivity index (χ1v) is 8.13. The van der Waals surface area contributed by atoms with Gasteiger partial charge in [-0.1, -0.05) is 18.6 Å². The van der Waals surface area contributed by atoms with Crippen LogP contribution in [0, 0.1) is 17.5 Å². The van der Waals surface area contributed by atoms with E-state index in [-0.39, 0.29) is 30.6 Å². The van der Waals surface area contributed by atoms with Crippen LogP contribution in [-0.4, -0.2) is 19.1 Å². The zero-order valence-electron chi connectivity index (χ0n) is 13.5. The molecule has 0 radical (unpaired) electrons. The van der Waals surface area contributed by atoms with Gasteiger partial charge in [0, 0.05) is 6.07 Å². The molecule has 1 aliphatic carbocycles.